The summed E-state index contributed by atoms with van der Waals surface area (Å²) < 4.78 is 18.8. The van der Waals surface area contributed by atoms with Crippen LogP contribution in [0, 0.1) is 10.8 Å². The number of ether oxygens (including phenoxy) is 1. The first-order valence-electron chi connectivity index (χ1n) is 5.25. The van der Waals surface area contributed by atoms with E-state index in [1.165, 1.54) is 0 Å². The van der Waals surface area contributed by atoms with Crippen LogP contribution in [0.15, 0.2) is 0 Å². The average Bonchev–Trinajstić information content (AvgIpc) is 1.97. The number of carbonyl (C=O) groups is 2. The summed E-state index contributed by atoms with van der Waals surface area (Å²) in [4.78, 5) is 22.5. The first kappa shape index (κ1) is 11.4. The molecule has 2 bridgehead atoms. The van der Waals surface area contributed by atoms with Crippen molar-refractivity contribution in [1.82, 2.24) is 0 Å². The molecule has 3 aliphatic rings. The molecule has 1 unspecified atom stereocenters. The van der Waals surface area contributed by atoms with Gasteiger partial charge >= 0.3 is 11.9 Å². The Balaban J connectivity index is 2.06. The van der Waals surface area contributed by atoms with Crippen LogP contribution in [-0.2, 0) is 14.3 Å². The maximum atomic E-state index is 13.7. The van der Waals surface area contributed by atoms with Crippen molar-refractivity contribution in [3.8, 4) is 0 Å². The van der Waals surface area contributed by atoms with Gasteiger partial charge in [-0.3, -0.25) is 9.59 Å². The van der Waals surface area contributed by atoms with Gasteiger partial charge in [0.25, 0.3) is 0 Å². The Kier molecular flexibility index (Phi) is 1.96. The Bertz CT molecular complexity index is 363. The summed E-state index contributed by atoms with van der Waals surface area (Å²) in [5.41, 5.74) is -3.15. The lowest BCUT2D eigenvalue weighted by Gasteiger charge is -2.68. The highest BCUT2D eigenvalue weighted by Crippen LogP contribution is 2.75. The number of carboxylic acids is 1. The summed E-state index contributed by atoms with van der Waals surface area (Å²) in [5, 5.41) is 8.84. The molecule has 0 saturated heterocycles. The van der Waals surface area contributed by atoms with Crippen LogP contribution in [-0.4, -0.2) is 28.8 Å². The van der Waals surface area contributed by atoms with E-state index in [1.54, 1.807) is 20.8 Å². The zero-order valence-electron chi connectivity index (χ0n) is 9.54. The first-order valence-corrected chi connectivity index (χ1v) is 5.25. The molecule has 0 amide bonds. The van der Waals surface area contributed by atoms with Gasteiger partial charge in [-0.15, -0.1) is 0 Å². The molecule has 3 aliphatic carbocycles. The van der Waals surface area contributed by atoms with Crippen molar-refractivity contribution in [2.75, 3.05) is 0 Å². The Morgan fingerprint density at radius 1 is 1.31 bits per heavy atom. The Morgan fingerprint density at radius 3 is 2.12 bits per heavy atom. The predicted octanol–water partition coefficient (Wildman–Crippen LogP) is 1.53. The fourth-order valence-corrected chi connectivity index (χ4v) is 2.59. The van der Waals surface area contributed by atoms with E-state index in [2.05, 4.69) is 0 Å². The van der Waals surface area contributed by atoms with E-state index in [-0.39, 0.29) is 12.8 Å². The van der Waals surface area contributed by atoms with Crippen molar-refractivity contribution >= 4 is 11.9 Å². The molecule has 0 spiro atoms. The third-order valence-electron chi connectivity index (χ3n) is 3.46. The molecule has 4 nitrogen and oxygen atoms in total. The van der Waals surface area contributed by atoms with Crippen LogP contribution in [0.5, 0.6) is 0 Å². The van der Waals surface area contributed by atoms with E-state index in [4.69, 9.17) is 9.84 Å². The molecule has 0 radical (unpaired) electrons. The molecule has 0 aromatic rings. The topological polar surface area (TPSA) is 63.6 Å². The number of hydrogen-bond donors (Lipinski definition) is 1. The van der Waals surface area contributed by atoms with Gasteiger partial charge in [0.2, 0.25) is 0 Å². The van der Waals surface area contributed by atoms with Gasteiger partial charge in [0.15, 0.2) is 0 Å². The third-order valence-corrected chi connectivity index (χ3v) is 3.46. The Morgan fingerprint density at radius 2 is 1.81 bits per heavy atom. The van der Waals surface area contributed by atoms with Crippen LogP contribution in [0.1, 0.15) is 33.6 Å². The summed E-state index contributed by atoms with van der Waals surface area (Å²) in [6.07, 6.45) is -1.44. The lowest BCUT2D eigenvalue weighted by Crippen LogP contribution is -2.78. The summed E-state index contributed by atoms with van der Waals surface area (Å²) in [6.45, 7) is 5.11. The van der Waals surface area contributed by atoms with Gasteiger partial charge in [0.05, 0.1) is 0 Å². The standard InChI is InChI=1S/C11H15FO4/c1-9(2,3)16-8(15)11-4-10(5-11,6(11)12)7(13)14/h6H,4-5H2,1-3H3,(H,13,14). The minimum Gasteiger partial charge on any atom is -0.481 e. The molecule has 3 rings (SSSR count). The van der Waals surface area contributed by atoms with Crippen molar-refractivity contribution in [2.45, 2.75) is 45.4 Å². The van der Waals surface area contributed by atoms with Gasteiger partial charge in [-0.2, -0.15) is 0 Å². The first-order chi connectivity index (χ1) is 7.14. The van der Waals surface area contributed by atoms with Gasteiger partial charge in [-0.1, -0.05) is 0 Å². The molecule has 0 aromatic carbocycles. The molecule has 0 aliphatic heterocycles. The highest BCUT2D eigenvalue weighted by atomic mass is 19.1. The summed E-state index contributed by atoms with van der Waals surface area (Å²) >= 11 is 0. The fourth-order valence-electron chi connectivity index (χ4n) is 2.59. The van der Waals surface area contributed by atoms with Gasteiger partial charge in [-0.25, -0.2) is 4.39 Å². The predicted molar refractivity (Wildman–Crippen MR) is 52.5 cm³/mol. The quantitative estimate of drug-likeness (QED) is 0.731. The maximum Gasteiger partial charge on any atom is 0.315 e. The van der Waals surface area contributed by atoms with E-state index in [0.29, 0.717) is 0 Å². The van der Waals surface area contributed by atoms with Gasteiger partial charge in [0.1, 0.15) is 22.6 Å². The second-order valence-corrected chi connectivity index (χ2v) is 5.84. The molecule has 0 heterocycles. The number of carbonyl (C=O) groups excluding carboxylic acids is 1. The highest BCUT2D eigenvalue weighted by molar-refractivity contribution is 5.92. The maximum absolute atomic E-state index is 13.7. The highest BCUT2D eigenvalue weighted by Gasteiger charge is 2.84. The van der Waals surface area contributed by atoms with E-state index in [0.717, 1.165) is 0 Å². The number of rotatable bonds is 2. The lowest BCUT2D eigenvalue weighted by atomic mass is 9.33. The van der Waals surface area contributed by atoms with Crippen molar-refractivity contribution in [2.24, 2.45) is 10.8 Å². The van der Waals surface area contributed by atoms with Crippen molar-refractivity contribution in [3.05, 3.63) is 0 Å². The molecular weight excluding hydrogens is 215 g/mol. The second-order valence-electron chi connectivity index (χ2n) is 5.84. The van der Waals surface area contributed by atoms with Gasteiger partial charge in [-0.05, 0) is 33.6 Å². The number of alkyl halides is 1. The monoisotopic (exact) mass is 230 g/mol. The molecule has 16 heavy (non-hydrogen) atoms. The molecule has 0 aromatic heterocycles. The molecule has 5 heteroatoms. The van der Waals surface area contributed by atoms with Crippen LogP contribution in [0.2, 0.25) is 0 Å². The zero-order valence-corrected chi connectivity index (χ0v) is 9.54. The lowest BCUT2D eigenvalue weighted by molar-refractivity contribution is -0.280. The van der Waals surface area contributed by atoms with Crippen molar-refractivity contribution in [1.29, 1.82) is 0 Å². The molecule has 1 atom stereocenters. The van der Waals surface area contributed by atoms with Crippen LogP contribution >= 0.6 is 0 Å². The van der Waals surface area contributed by atoms with Crippen LogP contribution < -0.4 is 0 Å². The smallest absolute Gasteiger partial charge is 0.315 e. The zero-order chi connectivity index (χ0) is 12.4. The second kappa shape index (κ2) is 2.76. The number of carboxylic acid groups (broad SMARTS) is 1. The molecule has 1 N–H and O–H groups in total. The minimum atomic E-state index is -1.59. The number of hydrogen-bond acceptors (Lipinski definition) is 3. The van der Waals surface area contributed by atoms with Gasteiger partial charge < -0.3 is 9.84 Å². The largest absolute Gasteiger partial charge is 0.481 e. The van der Waals surface area contributed by atoms with E-state index in [1.807, 2.05) is 0 Å². The SMILES string of the molecule is CC(C)(C)OC(=O)C12CC(C(=O)O)(C1)C2F. The number of aliphatic carboxylic acids is 1. The Hall–Kier alpha value is -1.13. The van der Waals surface area contributed by atoms with Gasteiger partial charge in [0, 0.05) is 0 Å². The number of halogens is 1. The molecule has 90 valence electrons. The molecule has 3 saturated carbocycles. The van der Waals surface area contributed by atoms with Crippen molar-refractivity contribution in [3.63, 3.8) is 0 Å². The van der Waals surface area contributed by atoms with Crippen LogP contribution in [0.4, 0.5) is 4.39 Å². The third kappa shape index (κ3) is 1.14. The summed E-state index contributed by atoms with van der Waals surface area (Å²) in [6, 6.07) is 0. The van der Waals surface area contributed by atoms with Crippen molar-refractivity contribution < 1.29 is 23.8 Å². The van der Waals surface area contributed by atoms with E-state index < -0.39 is 34.5 Å². The molecule has 3 fully saturated rings. The van der Waals surface area contributed by atoms with E-state index >= 15 is 0 Å². The number of esters is 1. The minimum absolute atomic E-state index is 0.0748. The van der Waals surface area contributed by atoms with Crippen LogP contribution in [0.25, 0.3) is 0 Å². The average molecular weight is 230 g/mol. The molecular formula is C11H15FO4. The Labute approximate surface area is 92.8 Å². The normalized spacial score (nSPS) is 40.6. The van der Waals surface area contributed by atoms with E-state index in [9.17, 15) is 14.0 Å². The summed E-state index contributed by atoms with van der Waals surface area (Å²) in [5.74, 6) is -1.75. The summed E-state index contributed by atoms with van der Waals surface area (Å²) in [7, 11) is 0. The van der Waals surface area contributed by atoms with Crippen LogP contribution in [0.3, 0.4) is 0 Å². The fraction of sp³-hybridized carbons (Fsp3) is 0.818.